The fourth-order valence-corrected chi connectivity index (χ4v) is 3.40. The van der Waals surface area contributed by atoms with Gasteiger partial charge in [0.2, 0.25) is 0 Å². The molecule has 2 unspecified atom stereocenters. The lowest BCUT2D eigenvalue weighted by Crippen LogP contribution is -2.33. The lowest BCUT2D eigenvalue weighted by Gasteiger charge is -2.27. The van der Waals surface area contributed by atoms with Crippen molar-refractivity contribution in [3.63, 3.8) is 0 Å². The van der Waals surface area contributed by atoms with E-state index >= 15 is 0 Å². The number of aryl methyl sites for hydroxylation is 1. The van der Waals surface area contributed by atoms with Gasteiger partial charge in [-0.3, -0.25) is 0 Å². The maximum Gasteiger partial charge on any atom is 0.126 e. The maximum absolute atomic E-state index is 13.8. The van der Waals surface area contributed by atoms with Crippen molar-refractivity contribution in [2.45, 2.75) is 32.2 Å². The number of nitrogens with one attached hydrogen (secondary N) is 1. The van der Waals surface area contributed by atoms with Crippen LogP contribution in [0.5, 0.6) is 0 Å². The van der Waals surface area contributed by atoms with E-state index in [-0.39, 0.29) is 17.3 Å². The first kappa shape index (κ1) is 11.2. The van der Waals surface area contributed by atoms with Crippen LogP contribution in [0.1, 0.15) is 36.1 Å². The van der Waals surface area contributed by atoms with Crippen LogP contribution in [0.4, 0.5) is 4.39 Å². The van der Waals surface area contributed by atoms with Crippen LogP contribution in [0.2, 0.25) is 0 Å². The van der Waals surface area contributed by atoms with Crippen LogP contribution >= 0.6 is 0 Å². The smallest absolute Gasteiger partial charge is 0.126 e. The molecule has 1 aliphatic heterocycles. The lowest BCUT2D eigenvalue weighted by molar-refractivity contribution is 0.280. The molecule has 0 saturated carbocycles. The zero-order chi connectivity index (χ0) is 12.0. The first-order chi connectivity index (χ1) is 8.16. The highest BCUT2D eigenvalue weighted by atomic mass is 19.1. The summed E-state index contributed by atoms with van der Waals surface area (Å²) in [5, 5.41) is 3.39. The summed E-state index contributed by atoms with van der Waals surface area (Å²) in [6, 6.07) is 3.69. The van der Waals surface area contributed by atoms with Crippen molar-refractivity contribution < 1.29 is 4.39 Å². The van der Waals surface area contributed by atoms with Crippen LogP contribution in [0.15, 0.2) is 12.1 Å². The molecule has 3 N–H and O–H groups in total. The van der Waals surface area contributed by atoms with Crippen LogP contribution in [0.25, 0.3) is 0 Å². The highest BCUT2D eigenvalue weighted by molar-refractivity contribution is 5.42. The van der Waals surface area contributed by atoms with Crippen molar-refractivity contribution in [2.75, 3.05) is 13.1 Å². The second kappa shape index (κ2) is 3.79. The molecular formula is C14H19FN2. The highest BCUT2D eigenvalue weighted by Crippen LogP contribution is 2.48. The van der Waals surface area contributed by atoms with Gasteiger partial charge in [0.1, 0.15) is 5.82 Å². The first-order valence-corrected chi connectivity index (χ1v) is 6.44. The topological polar surface area (TPSA) is 38.0 Å². The van der Waals surface area contributed by atoms with Crippen molar-refractivity contribution in [2.24, 2.45) is 11.1 Å². The molecule has 92 valence electrons. The van der Waals surface area contributed by atoms with Gasteiger partial charge in [-0.25, -0.2) is 4.39 Å². The fourth-order valence-electron chi connectivity index (χ4n) is 3.40. The van der Waals surface area contributed by atoms with Crippen molar-refractivity contribution in [3.05, 3.63) is 34.6 Å². The van der Waals surface area contributed by atoms with Gasteiger partial charge in [0.05, 0.1) is 0 Å². The van der Waals surface area contributed by atoms with Gasteiger partial charge in [-0.05, 0) is 48.6 Å². The molecule has 1 heterocycles. The maximum atomic E-state index is 13.8. The number of benzene rings is 1. The minimum Gasteiger partial charge on any atom is -0.323 e. The molecule has 1 saturated heterocycles. The number of fused-ring (bicyclic) bond motifs is 1. The Balaban J connectivity index is 2.04. The van der Waals surface area contributed by atoms with E-state index in [9.17, 15) is 4.39 Å². The zero-order valence-corrected chi connectivity index (χ0v) is 10.2. The SMILES string of the molecule is CCc1cc2c(cc1F)C(N)C1(CCNC1)C2. The van der Waals surface area contributed by atoms with Crippen LogP contribution in [-0.2, 0) is 12.8 Å². The van der Waals surface area contributed by atoms with Gasteiger partial charge < -0.3 is 11.1 Å². The van der Waals surface area contributed by atoms with Gasteiger partial charge in [0, 0.05) is 18.0 Å². The molecule has 3 rings (SSSR count). The number of rotatable bonds is 1. The van der Waals surface area contributed by atoms with Crippen molar-refractivity contribution in [1.82, 2.24) is 5.32 Å². The molecule has 0 radical (unpaired) electrons. The molecule has 1 spiro atoms. The van der Waals surface area contributed by atoms with E-state index in [2.05, 4.69) is 5.32 Å². The Morgan fingerprint density at radius 1 is 1.53 bits per heavy atom. The summed E-state index contributed by atoms with van der Waals surface area (Å²) in [6.07, 6.45) is 2.86. The fraction of sp³-hybridized carbons (Fsp3) is 0.571. The van der Waals surface area contributed by atoms with Crippen LogP contribution in [0.3, 0.4) is 0 Å². The Bertz CT molecular complexity index is 450. The molecule has 3 heteroatoms. The van der Waals surface area contributed by atoms with Gasteiger partial charge in [-0.1, -0.05) is 13.0 Å². The number of hydrogen-bond donors (Lipinski definition) is 2. The predicted octanol–water partition coefficient (Wildman–Crippen LogP) is 1.92. The van der Waals surface area contributed by atoms with Crippen LogP contribution in [0, 0.1) is 11.2 Å². The highest BCUT2D eigenvalue weighted by Gasteiger charge is 2.46. The van der Waals surface area contributed by atoms with Crippen molar-refractivity contribution in [3.8, 4) is 0 Å². The minimum atomic E-state index is -0.0929. The number of halogens is 1. The summed E-state index contributed by atoms with van der Waals surface area (Å²) in [6.45, 7) is 3.99. The molecule has 1 aliphatic carbocycles. The largest absolute Gasteiger partial charge is 0.323 e. The van der Waals surface area contributed by atoms with E-state index in [1.54, 1.807) is 6.07 Å². The molecule has 1 fully saturated rings. The van der Waals surface area contributed by atoms with E-state index in [1.807, 2.05) is 13.0 Å². The van der Waals surface area contributed by atoms with E-state index in [1.165, 1.54) is 5.56 Å². The molecule has 2 aliphatic rings. The summed E-state index contributed by atoms with van der Waals surface area (Å²) in [7, 11) is 0. The normalized spacial score (nSPS) is 31.1. The molecule has 2 nitrogen and oxygen atoms in total. The van der Waals surface area contributed by atoms with E-state index in [0.717, 1.165) is 43.5 Å². The van der Waals surface area contributed by atoms with Crippen molar-refractivity contribution >= 4 is 0 Å². The molecule has 2 atom stereocenters. The molecule has 1 aromatic rings. The monoisotopic (exact) mass is 234 g/mol. The lowest BCUT2D eigenvalue weighted by atomic mass is 9.80. The quantitative estimate of drug-likeness (QED) is 0.779. The van der Waals surface area contributed by atoms with Gasteiger partial charge in [-0.2, -0.15) is 0 Å². The van der Waals surface area contributed by atoms with Crippen molar-refractivity contribution in [1.29, 1.82) is 0 Å². The average Bonchev–Trinajstić information content (AvgIpc) is 2.88. The zero-order valence-electron chi connectivity index (χ0n) is 10.2. The second-order valence-corrected chi connectivity index (χ2v) is 5.44. The Morgan fingerprint density at radius 2 is 2.35 bits per heavy atom. The molecule has 0 amide bonds. The summed E-state index contributed by atoms with van der Waals surface area (Å²) >= 11 is 0. The molecule has 0 aromatic heterocycles. The van der Waals surface area contributed by atoms with Crippen LogP contribution in [-0.4, -0.2) is 13.1 Å². The Morgan fingerprint density at radius 3 is 3.00 bits per heavy atom. The van der Waals surface area contributed by atoms with Crippen LogP contribution < -0.4 is 11.1 Å². The Kier molecular flexibility index (Phi) is 2.49. The standard InChI is InChI=1S/C14H19FN2/c1-2-9-5-10-7-14(3-4-17-8-14)13(16)11(10)6-12(9)15/h5-6,13,17H,2-4,7-8,16H2,1H3. The van der Waals surface area contributed by atoms with E-state index in [0.29, 0.717) is 0 Å². The van der Waals surface area contributed by atoms with Gasteiger partial charge in [0.25, 0.3) is 0 Å². The summed E-state index contributed by atoms with van der Waals surface area (Å²) < 4.78 is 13.8. The Labute approximate surface area is 101 Å². The Hall–Kier alpha value is -0.930. The molecule has 0 bridgehead atoms. The predicted molar refractivity (Wildman–Crippen MR) is 66.3 cm³/mol. The number of nitrogens with two attached hydrogens (primary N) is 1. The third kappa shape index (κ3) is 1.53. The average molecular weight is 234 g/mol. The van der Waals surface area contributed by atoms with E-state index in [4.69, 9.17) is 5.73 Å². The summed E-state index contributed by atoms with van der Waals surface area (Å²) in [4.78, 5) is 0. The van der Waals surface area contributed by atoms with Gasteiger partial charge in [-0.15, -0.1) is 0 Å². The minimum absolute atomic E-state index is 0.00657. The second-order valence-electron chi connectivity index (χ2n) is 5.44. The van der Waals surface area contributed by atoms with Gasteiger partial charge in [0.15, 0.2) is 0 Å². The molecular weight excluding hydrogens is 215 g/mol. The molecule has 1 aromatic carbocycles. The van der Waals surface area contributed by atoms with Gasteiger partial charge >= 0.3 is 0 Å². The molecule has 17 heavy (non-hydrogen) atoms. The first-order valence-electron chi connectivity index (χ1n) is 6.44. The summed E-state index contributed by atoms with van der Waals surface area (Å²) in [5.41, 5.74) is 9.59. The number of hydrogen-bond acceptors (Lipinski definition) is 2. The third-order valence-electron chi connectivity index (χ3n) is 4.50. The summed E-state index contributed by atoms with van der Waals surface area (Å²) in [5.74, 6) is -0.0929. The van der Waals surface area contributed by atoms with E-state index < -0.39 is 0 Å². The third-order valence-corrected chi connectivity index (χ3v) is 4.50.